The fourth-order valence-corrected chi connectivity index (χ4v) is 1.88. The third kappa shape index (κ3) is 2.89. The molecule has 4 nitrogen and oxygen atoms in total. The summed E-state index contributed by atoms with van der Waals surface area (Å²) >= 11 is 0. The van der Waals surface area contributed by atoms with E-state index in [4.69, 9.17) is 5.26 Å². The Morgan fingerprint density at radius 1 is 1.32 bits per heavy atom. The number of rotatable bonds is 3. The van der Waals surface area contributed by atoms with Crippen LogP contribution in [0.1, 0.15) is 24.5 Å². The summed E-state index contributed by atoms with van der Waals surface area (Å²) in [5, 5.41) is 14.1. The van der Waals surface area contributed by atoms with Crippen molar-refractivity contribution in [2.45, 2.75) is 20.3 Å². The van der Waals surface area contributed by atoms with Crippen molar-refractivity contribution in [3.8, 4) is 6.07 Å². The van der Waals surface area contributed by atoms with E-state index in [0.717, 1.165) is 5.56 Å². The first-order valence-electron chi connectivity index (χ1n) is 6.14. The molecule has 1 amide bonds. The van der Waals surface area contributed by atoms with Crippen LogP contribution in [0.5, 0.6) is 0 Å². The fraction of sp³-hybridized carbons (Fsp3) is 0.267. The highest BCUT2D eigenvalue weighted by Crippen LogP contribution is 2.18. The SMILES string of the molecule is CC1=NN(CCC#N)C(=O)C1=Cc1ccc(C)cc1. The number of nitrogens with zero attached hydrogens (tertiary/aromatic N) is 3. The van der Waals surface area contributed by atoms with Gasteiger partial charge >= 0.3 is 0 Å². The first-order valence-corrected chi connectivity index (χ1v) is 6.14. The number of carbonyl (C=O) groups excluding carboxylic acids is 1. The zero-order chi connectivity index (χ0) is 13.8. The minimum absolute atomic E-state index is 0.131. The van der Waals surface area contributed by atoms with Crippen LogP contribution in [-0.4, -0.2) is 23.2 Å². The molecule has 0 atom stereocenters. The smallest absolute Gasteiger partial charge is 0.267 e. The molecule has 0 fully saturated rings. The summed E-state index contributed by atoms with van der Waals surface area (Å²) in [6, 6.07) is 9.98. The molecular formula is C15H15N3O. The van der Waals surface area contributed by atoms with Gasteiger partial charge in [0, 0.05) is 0 Å². The number of aryl methyl sites for hydroxylation is 1. The van der Waals surface area contributed by atoms with E-state index >= 15 is 0 Å². The van der Waals surface area contributed by atoms with E-state index in [-0.39, 0.29) is 5.91 Å². The van der Waals surface area contributed by atoms with Gasteiger partial charge in [-0.1, -0.05) is 29.8 Å². The van der Waals surface area contributed by atoms with E-state index in [0.29, 0.717) is 24.3 Å². The highest BCUT2D eigenvalue weighted by molar-refractivity contribution is 6.26. The third-order valence-corrected chi connectivity index (χ3v) is 2.95. The number of hydrogen-bond acceptors (Lipinski definition) is 3. The molecule has 1 aromatic carbocycles. The summed E-state index contributed by atoms with van der Waals surface area (Å²) < 4.78 is 0. The Labute approximate surface area is 112 Å². The number of hydrazone groups is 1. The number of benzene rings is 1. The molecule has 1 aliphatic rings. The van der Waals surface area contributed by atoms with Crippen LogP contribution in [-0.2, 0) is 4.79 Å². The van der Waals surface area contributed by atoms with E-state index in [2.05, 4.69) is 5.10 Å². The average Bonchev–Trinajstić information content (AvgIpc) is 2.66. The Hall–Kier alpha value is -2.41. The van der Waals surface area contributed by atoms with E-state index in [1.54, 1.807) is 0 Å². The maximum Gasteiger partial charge on any atom is 0.275 e. The van der Waals surface area contributed by atoms with Crippen LogP contribution < -0.4 is 0 Å². The van der Waals surface area contributed by atoms with Gasteiger partial charge in [-0.3, -0.25) is 4.79 Å². The topological polar surface area (TPSA) is 56.5 Å². The highest BCUT2D eigenvalue weighted by Gasteiger charge is 2.26. The molecule has 96 valence electrons. The monoisotopic (exact) mass is 253 g/mol. The van der Waals surface area contributed by atoms with Crippen molar-refractivity contribution < 1.29 is 4.79 Å². The zero-order valence-electron chi connectivity index (χ0n) is 11.1. The molecule has 0 unspecified atom stereocenters. The maximum atomic E-state index is 12.1. The standard InChI is InChI=1S/C15H15N3O/c1-11-4-6-13(7-5-11)10-14-12(2)17-18(15(14)19)9-3-8-16/h4-7,10H,3,9H2,1-2H3. The minimum atomic E-state index is -0.131. The lowest BCUT2D eigenvalue weighted by Crippen LogP contribution is -2.22. The Morgan fingerprint density at radius 2 is 2.00 bits per heavy atom. The van der Waals surface area contributed by atoms with Gasteiger partial charge in [0.2, 0.25) is 0 Å². The van der Waals surface area contributed by atoms with Gasteiger partial charge in [-0.15, -0.1) is 0 Å². The predicted molar refractivity (Wildman–Crippen MR) is 74.2 cm³/mol. The summed E-state index contributed by atoms with van der Waals surface area (Å²) in [5.41, 5.74) is 3.46. The lowest BCUT2D eigenvalue weighted by atomic mass is 10.1. The van der Waals surface area contributed by atoms with Crippen LogP contribution in [0.4, 0.5) is 0 Å². The molecule has 0 bridgehead atoms. The van der Waals surface area contributed by atoms with E-state index < -0.39 is 0 Å². The molecule has 1 aromatic rings. The van der Waals surface area contributed by atoms with Crippen LogP contribution in [0.15, 0.2) is 34.9 Å². The Morgan fingerprint density at radius 3 is 2.63 bits per heavy atom. The molecule has 0 aromatic heterocycles. The number of amides is 1. The molecule has 0 radical (unpaired) electrons. The first-order chi connectivity index (χ1) is 9.11. The van der Waals surface area contributed by atoms with Crippen molar-refractivity contribution in [1.82, 2.24) is 5.01 Å². The van der Waals surface area contributed by atoms with Crippen molar-refractivity contribution in [3.63, 3.8) is 0 Å². The van der Waals surface area contributed by atoms with Crippen molar-refractivity contribution in [2.75, 3.05) is 6.54 Å². The van der Waals surface area contributed by atoms with Crippen LogP contribution in [0.2, 0.25) is 0 Å². The fourth-order valence-electron chi connectivity index (χ4n) is 1.88. The molecule has 2 rings (SSSR count). The Balaban J connectivity index is 2.22. The molecule has 0 spiro atoms. The summed E-state index contributed by atoms with van der Waals surface area (Å²) in [7, 11) is 0. The summed E-state index contributed by atoms with van der Waals surface area (Å²) in [6.07, 6.45) is 2.13. The molecule has 0 aliphatic carbocycles. The van der Waals surface area contributed by atoms with E-state index in [1.165, 1.54) is 10.6 Å². The Kier molecular flexibility index (Phi) is 3.76. The largest absolute Gasteiger partial charge is 0.275 e. The summed E-state index contributed by atoms with van der Waals surface area (Å²) in [5.74, 6) is -0.131. The van der Waals surface area contributed by atoms with Gasteiger partial charge < -0.3 is 0 Å². The van der Waals surface area contributed by atoms with Gasteiger partial charge in [0.1, 0.15) is 0 Å². The number of nitriles is 1. The first kappa shape index (κ1) is 13.0. The van der Waals surface area contributed by atoms with Crippen LogP contribution >= 0.6 is 0 Å². The average molecular weight is 253 g/mol. The van der Waals surface area contributed by atoms with Crippen LogP contribution in [0, 0.1) is 18.3 Å². The second-order valence-corrected chi connectivity index (χ2v) is 4.49. The third-order valence-electron chi connectivity index (χ3n) is 2.95. The normalized spacial score (nSPS) is 16.7. The van der Waals surface area contributed by atoms with Gasteiger partial charge in [-0.2, -0.15) is 10.4 Å². The highest BCUT2D eigenvalue weighted by atomic mass is 16.2. The molecule has 1 aliphatic heterocycles. The molecule has 19 heavy (non-hydrogen) atoms. The summed E-state index contributed by atoms with van der Waals surface area (Å²) in [4.78, 5) is 12.1. The molecule has 1 heterocycles. The van der Waals surface area contributed by atoms with Crippen LogP contribution in [0.25, 0.3) is 6.08 Å². The van der Waals surface area contributed by atoms with Gasteiger partial charge in [-0.25, -0.2) is 5.01 Å². The molecule has 0 saturated carbocycles. The van der Waals surface area contributed by atoms with Crippen LogP contribution in [0.3, 0.4) is 0 Å². The van der Waals surface area contributed by atoms with E-state index in [9.17, 15) is 4.79 Å². The van der Waals surface area contributed by atoms with Gasteiger partial charge in [0.15, 0.2) is 0 Å². The lowest BCUT2D eigenvalue weighted by Gasteiger charge is -2.08. The molecule has 4 heteroatoms. The number of carbonyl (C=O) groups is 1. The molecular weight excluding hydrogens is 238 g/mol. The Bertz CT molecular complexity index is 591. The van der Waals surface area contributed by atoms with Crippen molar-refractivity contribution >= 4 is 17.7 Å². The van der Waals surface area contributed by atoms with E-state index in [1.807, 2.05) is 50.3 Å². The van der Waals surface area contributed by atoms with Gasteiger partial charge in [-0.05, 0) is 25.5 Å². The zero-order valence-corrected chi connectivity index (χ0v) is 11.1. The van der Waals surface area contributed by atoms with Gasteiger partial charge in [0.25, 0.3) is 5.91 Å². The second-order valence-electron chi connectivity index (χ2n) is 4.49. The predicted octanol–water partition coefficient (Wildman–Crippen LogP) is 2.51. The van der Waals surface area contributed by atoms with Crippen molar-refractivity contribution in [1.29, 1.82) is 5.26 Å². The van der Waals surface area contributed by atoms with Crippen molar-refractivity contribution in [3.05, 3.63) is 41.0 Å². The van der Waals surface area contributed by atoms with Gasteiger partial charge in [0.05, 0.1) is 30.3 Å². The minimum Gasteiger partial charge on any atom is -0.267 e. The number of hydrogen-bond donors (Lipinski definition) is 0. The maximum absolute atomic E-state index is 12.1. The van der Waals surface area contributed by atoms with Crippen molar-refractivity contribution in [2.24, 2.45) is 5.10 Å². The second kappa shape index (κ2) is 5.49. The molecule has 0 N–H and O–H groups in total. The summed E-state index contributed by atoms with van der Waals surface area (Å²) in [6.45, 7) is 4.18. The quantitative estimate of drug-likeness (QED) is 0.777. The molecule has 0 saturated heterocycles. The lowest BCUT2D eigenvalue weighted by molar-refractivity contribution is -0.125.